The van der Waals surface area contributed by atoms with Crippen LogP contribution in [0, 0.1) is 0 Å². The lowest BCUT2D eigenvalue weighted by atomic mass is 9.99. The van der Waals surface area contributed by atoms with Crippen LogP contribution in [0.4, 0.5) is 5.69 Å². The lowest BCUT2D eigenvalue weighted by molar-refractivity contribution is 0.598. The molecular weight excluding hydrogens is 238 g/mol. The van der Waals surface area contributed by atoms with Crippen LogP contribution in [0.2, 0.25) is 0 Å². The molecule has 1 aromatic heterocycles. The number of benzene rings is 1. The van der Waals surface area contributed by atoms with Gasteiger partial charge in [-0.1, -0.05) is 11.3 Å². The van der Waals surface area contributed by atoms with Gasteiger partial charge >= 0.3 is 0 Å². The molecule has 19 heavy (non-hydrogen) atoms. The van der Waals surface area contributed by atoms with Crippen LogP contribution in [0.3, 0.4) is 0 Å². The monoisotopic (exact) mass is 257 g/mol. The molecule has 0 bridgehead atoms. The molecule has 3 rings (SSSR count). The van der Waals surface area contributed by atoms with Gasteiger partial charge in [-0.05, 0) is 30.5 Å². The fourth-order valence-corrected chi connectivity index (χ4v) is 2.62. The van der Waals surface area contributed by atoms with Gasteiger partial charge in [0.1, 0.15) is 5.69 Å². The Morgan fingerprint density at radius 3 is 3.11 bits per heavy atom. The van der Waals surface area contributed by atoms with Crippen LogP contribution in [-0.2, 0) is 13.0 Å². The molecule has 2 N–H and O–H groups in total. The van der Waals surface area contributed by atoms with Crippen LogP contribution >= 0.6 is 0 Å². The Labute approximate surface area is 113 Å². The first-order valence-corrected chi connectivity index (χ1v) is 6.72. The van der Waals surface area contributed by atoms with E-state index in [1.165, 1.54) is 17.7 Å². The van der Waals surface area contributed by atoms with E-state index in [-0.39, 0.29) is 0 Å². The summed E-state index contributed by atoms with van der Waals surface area (Å²) in [7, 11) is 2.15. The highest BCUT2D eigenvalue weighted by atomic mass is 15.4. The van der Waals surface area contributed by atoms with Crippen molar-refractivity contribution in [2.24, 2.45) is 5.73 Å². The van der Waals surface area contributed by atoms with Gasteiger partial charge in [0, 0.05) is 31.4 Å². The van der Waals surface area contributed by atoms with Crippen LogP contribution in [0.15, 0.2) is 24.4 Å². The predicted molar refractivity (Wildman–Crippen MR) is 76.1 cm³/mol. The van der Waals surface area contributed by atoms with E-state index in [1.54, 1.807) is 4.68 Å². The van der Waals surface area contributed by atoms with Crippen molar-refractivity contribution >= 4 is 5.69 Å². The summed E-state index contributed by atoms with van der Waals surface area (Å²) in [5.41, 5.74) is 10.3. The van der Waals surface area contributed by atoms with Crippen LogP contribution in [0.1, 0.15) is 12.0 Å². The molecule has 1 aromatic carbocycles. The molecule has 5 nitrogen and oxygen atoms in total. The molecule has 0 saturated carbocycles. The lowest BCUT2D eigenvalue weighted by Crippen LogP contribution is -2.24. The number of nitrogens with zero attached hydrogens (tertiary/aromatic N) is 4. The fraction of sp³-hybridized carbons (Fsp3) is 0.429. The van der Waals surface area contributed by atoms with Crippen LogP contribution in [-0.4, -0.2) is 35.1 Å². The van der Waals surface area contributed by atoms with Crippen molar-refractivity contribution in [3.8, 4) is 11.3 Å². The van der Waals surface area contributed by atoms with E-state index in [9.17, 15) is 0 Å². The highest BCUT2D eigenvalue weighted by Crippen LogP contribution is 2.29. The molecule has 5 heteroatoms. The van der Waals surface area contributed by atoms with Gasteiger partial charge in [-0.3, -0.25) is 4.68 Å². The minimum absolute atomic E-state index is 0.581. The first-order valence-electron chi connectivity index (χ1n) is 6.72. The Bertz CT molecular complexity index is 575. The van der Waals surface area contributed by atoms with Crippen molar-refractivity contribution in [3.05, 3.63) is 30.0 Å². The summed E-state index contributed by atoms with van der Waals surface area (Å²) >= 11 is 0. The molecule has 0 unspecified atom stereocenters. The maximum absolute atomic E-state index is 5.52. The Morgan fingerprint density at radius 1 is 1.37 bits per heavy atom. The van der Waals surface area contributed by atoms with E-state index < -0.39 is 0 Å². The van der Waals surface area contributed by atoms with E-state index in [0.29, 0.717) is 13.1 Å². The van der Waals surface area contributed by atoms with Crippen molar-refractivity contribution in [3.63, 3.8) is 0 Å². The second kappa shape index (κ2) is 5.01. The molecule has 2 aromatic rings. The number of aromatic nitrogens is 3. The largest absolute Gasteiger partial charge is 0.374 e. The fourth-order valence-electron chi connectivity index (χ4n) is 2.62. The summed E-state index contributed by atoms with van der Waals surface area (Å²) in [5.74, 6) is 0. The van der Waals surface area contributed by atoms with E-state index in [0.717, 1.165) is 24.2 Å². The van der Waals surface area contributed by atoms with Crippen molar-refractivity contribution in [1.82, 2.24) is 15.0 Å². The van der Waals surface area contributed by atoms with Crippen LogP contribution in [0.25, 0.3) is 11.3 Å². The Hall–Kier alpha value is -1.88. The zero-order valence-corrected chi connectivity index (χ0v) is 11.2. The van der Waals surface area contributed by atoms with Gasteiger partial charge in [0.15, 0.2) is 0 Å². The summed E-state index contributed by atoms with van der Waals surface area (Å²) in [6.45, 7) is 2.43. The molecule has 0 amide bonds. The third kappa shape index (κ3) is 2.33. The third-order valence-electron chi connectivity index (χ3n) is 3.62. The molecule has 2 heterocycles. The number of hydrogen-bond donors (Lipinski definition) is 1. The van der Waals surface area contributed by atoms with Crippen LogP contribution in [0.5, 0.6) is 0 Å². The molecule has 1 aliphatic rings. The van der Waals surface area contributed by atoms with Gasteiger partial charge < -0.3 is 10.6 Å². The molecule has 100 valence electrons. The Balaban J connectivity index is 1.92. The van der Waals surface area contributed by atoms with Gasteiger partial charge in [-0.15, -0.1) is 5.10 Å². The van der Waals surface area contributed by atoms with Crippen molar-refractivity contribution in [1.29, 1.82) is 0 Å². The van der Waals surface area contributed by atoms with Crippen molar-refractivity contribution < 1.29 is 0 Å². The maximum Gasteiger partial charge on any atom is 0.113 e. The number of hydrogen-bond acceptors (Lipinski definition) is 4. The third-order valence-corrected chi connectivity index (χ3v) is 3.62. The first kappa shape index (κ1) is 12.2. The zero-order valence-electron chi connectivity index (χ0n) is 11.2. The topological polar surface area (TPSA) is 60.0 Å². The van der Waals surface area contributed by atoms with Gasteiger partial charge in [0.2, 0.25) is 0 Å². The molecule has 0 aliphatic carbocycles. The molecular formula is C14H19N5. The Kier molecular flexibility index (Phi) is 3.21. The van der Waals surface area contributed by atoms with E-state index >= 15 is 0 Å². The van der Waals surface area contributed by atoms with E-state index in [4.69, 9.17) is 5.73 Å². The summed E-state index contributed by atoms with van der Waals surface area (Å²) in [4.78, 5) is 2.31. The summed E-state index contributed by atoms with van der Waals surface area (Å²) in [6.07, 6.45) is 4.32. The smallest absolute Gasteiger partial charge is 0.113 e. The minimum atomic E-state index is 0.581. The second-order valence-electron chi connectivity index (χ2n) is 5.02. The molecule has 0 radical (unpaired) electrons. The lowest BCUT2D eigenvalue weighted by Gasteiger charge is -2.27. The summed E-state index contributed by atoms with van der Waals surface area (Å²) in [5, 5.41) is 8.30. The number of aryl methyl sites for hydroxylation is 1. The summed E-state index contributed by atoms with van der Waals surface area (Å²) < 4.78 is 1.79. The van der Waals surface area contributed by atoms with Crippen LogP contribution < -0.4 is 10.6 Å². The van der Waals surface area contributed by atoms with E-state index in [1.807, 2.05) is 6.20 Å². The Morgan fingerprint density at radius 2 is 2.26 bits per heavy atom. The van der Waals surface area contributed by atoms with Crippen molar-refractivity contribution in [2.75, 3.05) is 25.0 Å². The van der Waals surface area contributed by atoms with Gasteiger partial charge in [0.25, 0.3) is 0 Å². The molecule has 0 saturated heterocycles. The minimum Gasteiger partial charge on any atom is -0.374 e. The highest BCUT2D eigenvalue weighted by Gasteiger charge is 2.15. The first-order chi connectivity index (χ1) is 9.28. The molecule has 0 fully saturated rings. The predicted octanol–water partition coefficient (Wildman–Crippen LogP) is 1.29. The average molecular weight is 257 g/mol. The normalized spacial score (nSPS) is 14.5. The van der Waals surface area contributed by atoms with Gasteiger partial charge in [-0.25, -0.2) is 0 Å². The number of rotatable bonds is 3. The highest BCUT2D eigenvalue weighted by molar-refractivity contribution is 5.66. The maximum atomic E-state index is 5.52. The number of anilines is 1. The van der Waals surface area contributed by atoms with E-state index in [2.05, 4.69) is 40.5 Å². The molecule has 0 spiro atoms. The molecule has 1 aliphatic heterocycles. The standard InChI is InChI=1S/C14H19N5/c1-18-7-2-3-12-9-11(4-5-14(12)18)13-10-19(8-6-15)17-16-13/h4-5,9-10H,2-3,6-8,15H2,1H3. The quantitative estimate of drug-likeness (QED) is 0.900. The molecule has 0 atom stereocenters. The number of nitrogens with two attached hydrogens (primary N) is 1. The zero-order chi connectivity index (χ0) is 13.2. The summed E-state index contributed by atoms with van der Waals surface area (Å²) in [6, 6.07) is 6.55. The second-order valence-corrected chi connectivity index (χ2v) is 5.02. The SMILES string of the molecule is CN1CCCc2cc(-c3cn(CCN)nn3)ccc21. The number of fused-ring (bicyclic) bond motifs is 1. The average Bonchev–Trinajstić information content (AvgIpc) is 2.88. The van der Waals surface area contributed by atoms with Gasteiger partial charge in [-0.2, -0.15) is 0 Å². The van der Waals surface area contributed by atoms with Crippen molar-refractivity contribution in [2.45, 2.75) is 19.4 Å². The van der Waals surface area contributed by atoms with Gasteiger partial charge in [0.05, 0.1) is 12.7 Å².